The minimum absolute atomic E-state index is 0.175. The molecule has 0 saturated carbocycles. The van der Waals surface area contributed by atoms with E-state index in [1.54, 1.807) is 22.7 Å². The molecule has 4 heterocycles. The Bertz CT molecular complexity index is 835. The zero-order valence-electron chi connectivity index (χ0n) is 13.0. The minimum atomic E-state index is -0.316. The number of H-pyrrole nitrogens is 1. The molecule has 128 valence electrons. The molecule has 4 rings (SSSR count). The molecule has 2 N–H and O–H groups in total. The van der Waals surface area contributed by atoms with Gasteiger partial charge in [0.25, 0.3) is 0 Å². The summed E-state index contributed by atoms with van der Waals surface area (Å²) in [5, 5.41) is 7.36. The van der Waals surface area contributed by atoms with E-state index in [-0.39, 0.29) is 17.7 Å². The van der Waals surface area contributed by atoms with Gasteiger partial charge in [0.2, 0.25) is 5.91 Å². The van der Waals surface area contributed by atoms with Crippen molar-refractivity contribution in [1.82, 2.24) is 20.2 Å². The summed E-state index contributed by atoms with van der Waals surface area (Å²) in [6, 6.07) is 7.76. The molecule has 25 heavy (non-hydrogen) atoms. The van der Waals surface area contributed by atoms with Crippen LogP contribution >= 0.6 is 34.4 Å². The van der Waals surface area contributed by atoms with Crippen LogP contribution in [-0.4, -0.2) is 45.6 Å². The predicted octanol–water partition coefficient (Wildman–Crippen LogP) is 3.51. The molecule has 1 aliphatic rings. The highest BCUT2D eigenvalue weighted by atomic mass is 32.2. The van der Waals surface area contributed by atoms with Gasteiger partial charge >= 0.3 is 6.03 Å². The van der Waals surface area contributed by atoms with Gasteiger partial charge in [-0.3, -0.25) is 9.69 Å². The molecular formula is C16H14N4O2S3. The van der Waals surface area contributed by atoms with E-state index in [4.69, 9.17) is 0 Å². The molecule has 1 aliphatic heterocycles. The monoisotopic (exact) mass is 390 g/mol. The fourth-order valence-electron chi connectivity index (χ4n) is 2.53. The number of hydrogen-bond acceptors (Lipinski definition) is 6. The molecule has 3 aromatic rings. The fraction of sp³-hybridized carbons (Fsp3) is 0.188. The van der Waals surface area contributed by atoms with E-state index in [1.165, 1.54) is 16.7 Å². The third-order valence-electron chi connectivity index (χ3n) is 3.69. The van der Waals surface area contributed by atoms with Crippen LogP contribution in [0.15, 0.2) is 40.2 Å². The first-order valence-electron chi connectivity index (χ1n) is 7.61. The first-order chi connectivity index (χ1) is 12.2. The zero-order chi connectivity index (χ0) is 17.2. The van der Waals surface area contributed by atoms with Gasteiger partial charge in [0.1, 0.15) is 5.69 Å². The molecule has 0 atom stereocenters. The number of thiophene rings is 2. The number of imidazole rings is 1. The Labute approximate surface area is 156 Å². The number of imide groups is 1. The summed E-state index contributed by atoms with van der Waals surface area (Å²) in [7, 11) is 0. The summed E-state index contributed by atoms with van der Waals surface area (Å²) in [6.45, 7) is 0.943. The van der Waals surface area contributed by atoms with E-state index in [0.717, 1.165) is 21.1 Å². The number of amides is 3. The number of hydrogen-bond donors (Lipinski definition) is 2. The van der Waals surface area contributed by atoms with E-state index < -0.39 is 0 Å². The molecule has 3 amide bonds. The Balaban J connectivity index is 1.55. The van der Waals surface area contributed by atoms with Gasteiger partial charge in [-0.1, -0.05) is 23.9 Å². The first kappa shape index (κ1) is 16.4. The van der Waals surface area contributed by atoms with Crippen LogP contribution < -0.4 is 5.32 Å². The Kier molecular flexibility index (Phi) is 4.60. The molecule has 0 bridgehead atoms. The molecule has 3 aromatic heterocycles. The first-order valence-corrected chi connectivity index (χ1v) is 10.4. The fourth-order valence-corrected chi connectivity index (χ4v) is 4.72. The van der Waals surface area contributed by atoms with Crippen LogP contribution in [0.5, 0.6) is 0 Å². The molecule has 1 fully saturated rings. The summed E-state index contributed by atoms with van der Waals surface area (Å²) < 4.78 is 0. The number of thioether (sulfide) groups is 1. The number of nitrogens with one attached hydrogen (secondary N) is 2. The van der Waals surface area contributed by atoms with Gasteiger partial charge in [0.15, 0.2) is 5.16 Å². The molecule has 9 heteroatoms. The second-order valence-corrected chi connectivity index (χ2v) is 8.15. The Morgan fingerprint density at radius 1 is 1.24 bits per heavy atom. The lowest BCUT2D eigenvalue weighted by Crippen LogP contribution is -2.35. The summed E-state index contributed by atoms with van der Waals surface area (Å²) in [5.41, 5.74) is 1.86. The minimum Gasteiger partial charge on any atom is -0.336 e. The van der Waals surface area contributed by atoms with Gasteiger partial charge in [0.05, 0.1) is 21.2 Å². The zero-order valence-corrected chi connectivity index (χ0v) is 15.5. The normalized spacial score (nSPS) is 14.1. The SMILES string of the molecule is O=C(CSc1nc(-c2cccs2)c(-c2cccs2)[nH]1)N1CCNC1=O. The number of aromatic nitrogens is 2. The van der Waals surface area contributed by atoms with Crippen LogP contribution in [0.3, 0.4) is 0 Å². The van der Waals surface area contributed by atoms with Crippen molar-refractivity contribution in [1.29, 1.82) is 0 Å². The quantitative estimate of drug-likeness (QED) is 0.654. The van der Waals surface area contributed by atoms with Gasteiger partial charge in [-0.05, 0) is 22.9 Å². The van der Waals surface area contributed by atoms with Crippen molar-refractivity contribution in [3.05, 3.63) is 35.0 Å². The van der Waals surface area contributed by atoms with E-state index >= 15 is 0 Å². The van der Waals surface area contributed by atoms with Crippen molar-refractivity contribution < 1.29 is 9.59 Å². The van der Waals surface area contributed by atoms with Crippen molar-refractivity contribution in [2.45, 2.75) is 5.16 Å². The Morgan fingerprint density at radius 3 is 2.64 bits per heavy atom. The van der Waals surface area contributed by atoms with Gasteiger partial charge < -0.3 is 10.3 Å². The number of carbonyl (C=O) groups excluding carboxylic acids is 2. The molecular weight excluding hydrogens is 376 g/mol. The number of aromatic amines is 1. The largest absolute Gasteiger partial charge is 0.336 e. The Morgan fingerprint density at radius 2 is 2.00 bits per heavy atom. The molecule has 6 nitrogen and oxygen atoms in total. The molecule has 0 radical (unpaired) electrons. The van der Waals surface area contributed by atoms with Crippen LogP contribution in [0.25, 0.3) is 21.1 Å². The van der Waals surface area contributed by atoms with Crippen LogP contribution in [0.2, 0.25) is 0 Å². The summed E-state index contributed by atoms with van der Waals surface area (Å²) >= 11 is 4.59. The van der Waals surface area contributed by atoms with Crippen molar-refractivity contribution in [3.63, 3.8) is 0 Å². The van der Waals surface area contributed by atoms with E-state index in [0.29, 0.717) is 18.2 Å². The highest BCUT2D eigenvalue weighted by molar-refractivity contribution is 7.99. The van der Waals surface area contributed by atoms with Crippen molar-refractivity contribution in [3.8, 4) is 21.1 Å². The number of urea groups is 1. The Hall–Kier alpha value is -2.10. The van der Waals surface area contributed by atoms with Crippen LogP contribution in [0, 0.1) is 0 Å². The molecule has 0 unspecified atom stereocenters. The van der Waals surface area contributed by atoms with Crippen molar-refractivity contribution >= 4 is 46.4 Å². The van der Waals surface area contributed by atoms with Crippen LogP contribution in [0.4, 0.5) is 4.79 Å². The smallest absolute Gasteiger partial charge is 0.324 e. The van der Waals surface area contributed by atoms with Crippen LogP contribution in [-0.2, 0) is 4.79 Å². The third kappa shape index (κ3) is 3.35. The molecule has 0 aliphatic carbocycles. The maximum absolute atomic E-state index is 12.2. The third-order valence-corrected chi connectivity index (χ3v) is 6.32. The number of nitrogens with zero attached hydrogens (tertiary/aromatic N) is 2. The lowest BCUT2D eigenvalue weighted by molar-refractivity contribution is -0.124. The average Bonchev–Trinajstić information content (AvgIpc) is 3.38. The van der Waals surface area contributed by atoms with Gasteiger partial charge in [-0.2, -0.15) is 0 Å². The number of rotatable bonds is 5. The lowest BCUT2D eigenvalue weighted by Gasteiger charge is -2.10. The van der Waals surface area contributed by atoms with E-state index in [1.807, 2.05) is 35.0 Å². The number of carbonyl (C=O) groups is 2. The van der Waals surface area contributed by atoms with Gasteiger partial charge in [-0.15, -0.1) is 22.7 Å². The van der Waals surface area contributed by atoms with Crippen molar-refractivity contribution in [2.24, 2.45) is 0 Å². The van der Waals surface area contributed by atoms with Gasteiger partial charge in [-0.25, -0.2) is 9.78 Å². The van der Waals surface area contributed by atoms with Crippen molar-refractivity contribution in [2.75, 3.05) is 18.8 Å². The second-order valence-electron chi connectivity index (χ2n) is 5.29. The summed E-state index contributed by atoms with van der Waals surface area (Å²) in [5.74, 6) is -0.0268. The lowest BCUT2D eigenvalue weighted by atomic mass is 10.2. The van der Waals surface area contributed by atoms with E-state index in [9.17, 15) is 9.59 Å². The standard InChI is InChI=1S/C16H14N4O2S3/c21-12(20-6-5-17-16(20)22)9-25-15-18-13(10-3-1-7-23-10)14(19-15)11-4-2-8-24-11/h1-4,7-8H,5-6,9H2,(H,17,22)(H,18,19). The second kappa shape index (κ2) is 7.03. The average molecular weight is 391 g/mol. The molecule has 1 saturated heterocycles. The topological polar surface area (TPSA) is 78.1 Å². The molecule has 0 spiro atoms. The maximum atomic E-state index is 12.2. The van der Waals surface area contributed by atoms with Crippen LogP contribution in [0.1, 0.15) is 0 Å². The summed E-state index contributed by atoms with van der Waals surface area (Å²) in [4.78, 5) is 35.2. The molecule has 0 aromatic carbocycles. The summed E-state index contributed by atoms with van der Waals surface area (Å²) in [6.07, 6.45) is 0. The maximum Gasteiger partial charge on any atom is 0.324 e. The predicted molar refractivity (Wildman–Crippen MR) is 101 cm³/mol. The van der Waals surface area contributed by atoms with Gasteiger partial charge in [0, 0.05) is 13.1 Å². The highest BCUT2D eigenvalue weighted by Gasteiger charge is 2.26. The highest BCUT2D eigenvalue weighted by Crippen LogP contribution is 2.36. The van der Waals surface area contributed by atoms with E-state index in [2.05, 4.69) is 15.3 Å².